The second kappa shape index (κ2) is 21.1. The van der Waals surface area contributed by atoms with Crippen molar-refractivity contribution in [2.24, 2.45) is 0 Å². The van der Waals surface area contributed by atoms with Crippen LogP contribution in [0.3, 0.4) is 0 Å². The summed E-state index contributed by atoms with van der Waals surface area (Å²) in [5, 5.41) is 0. The van der Waals surface area contributed by atoms with Crippen molar-refractivity contribution >= 4 is 22.1 Å². The monoisotopic (exact) mass is 540 g/mol. The van der Waals surface area contributed by atoms with E-state index in [1.165, 1.54) is 102 Å². The maximum absolute atomic E-state index is 12.4. The Morgan fingerprint density at radius 1 is 0.622 bits per heavy atom. The highest BCUT2D eigenvalue weighted by molar-refractivity contribution is 7.85. The molecule has 8 heteroatoms. The number of rotatable bonds is 23. The molecule has 1 rings (SSSR count). The Morgan fingerprint density at radius 3 is 1.35 bits per heavy atom. The van der Waals surface area contributed by atoms with E-state index in [1.807, 2.05) is 0 Å². The highest BCUT2D eigenvalue weighted by atomic mass is 32.2. The predicted molar refractivity (Wildman–Crippen MR) is 148 cm³/mol. The highest BCUT2D eigenvalue weighted by Crippen LogP contribution is 2.15. The zero-order valence-electron chi connectivity index (χ0n) is 22.8. The third kappa shape index (κ3) is 18.0. The van der Waals surface area contributed by atoms with Crippen LogP contribution in [0.2, 0.25) is 0 Å². The molecule has 0 spiro atoms. The maximum atomic E-state index is 12.4. The lowest BCUT2D eigenvalue weighted by atomic mass is 10.0. The molecule has 0 heterocycles. The fourth-order valence-corrected chi connectivity index (χ4v) is 4.52. The van der Waals surface area contributed by atoms with Gasteiger partial charge in [0, 0.05) is 0 Å². The molecule has 0 atom stereocenters. The molecule has 0 amide bonds. The Bertz CT molecular complexity index is 852. The van der Waals surface area contributed by atoms with Crippen molar-refractivity contribution in [1.82, 2.24) is 0 Å². The second-order valence-corrected chi connectivity index (χ2v) is 11.3. The molecule has 0 saturated carbocycles. The van der Waals surface area contributed by atoms with Crippen LogP contribution in [0.1, 0.15) is 137 Å². The summed E-state index contributed by atoms with van der Waals surface area (Å²) in [5.74, 6) is -2.15. The van der Waals surface area contributed by atoms with E-state index in [0.717, 1.165) is 19.3 Å². The average Bonchev–Trinajstić information content (AvgIpc) is 2.87. The van der Waals surface area contributed by atoms with Crippen LogP contribution in [0.5, 0.6) is 0 Å². The minimum Gasteiger partial charge on any atom is -0.462 e. The van der Waals surface area contributed by atoms with E-state index in [2.05, 4.69) is 6.92 Å². The van der Waals surface area contributed by atoms with Crippen LogP contribution in [0.25, 0.3) is 0 Å². The Morgan fingerprint density at radius 2 is 0.973 bits per heavy atom. The van der Waals surface area contributed by atoms with Crippen LogP contribution < -0.4 is 0 Å². The van der Waals surface area contributed by atoms with Gasteiger partial charge in [-0.3, -0.25) is 4.55 Å². The summed E-state index contributed by atoms with van der Waals surface area (Å²) >= 11 is 0. The van der Waals surface area contributed by atoms with Gasteiger partial charge in [0.25, 0.3) is 10.1 Å². The number of esters is 2. The van der Waals surface area contributed by atoms with Gasteiger partial charge in [0.05, 0.1) is 17.7 Å². The van der Waals surface area contributed by atoms with Gasteiger partial charge in [-0.25, -0.2) is 9.59 Å². The summed E-state index contributed by atoms with van der Waals surface area (Å²) in [6.07, 6.45) is 21.8. The first-order chi connectivity index (χ1) is 17.8. The van der Waals surface area contributed by atoms with Gasteiger partial charge in [-0.1, -0.05) is 122 Å². The van der Waals surface area contributed by atoms with Crippen molar-refractivity contribution in [2.45, 2.75) is 116 Å². The minimum atomic E-state index is -4.23. The Labute approximate surface area is 224 Å². The lowest BCUT2D eigenvalue weighted by molar-refractivity contribution is 0.0463. The molecule has 0 fully saturated rings. The maximum Gasteiger partial charge on any atom is 0.339 e. The van der Waals surface area contributed by atoms with E-state index in [4.69, 9.17) is 14.0 Å². The summed E-state index contributed by atoms with van der Waals surface area (Å²) < 4.78 is 40.4. The Hall–Kier alpha value is -1.93. The first kappa shape index (κ1) is 33.1. The molecule has 212 valence electrons. The molecule has 1 aromatic carbocycles. The largest absolute Gasteiger partial charge is 0.462 e. The molecule has 1 aromatic rings. The Balaban J connectivity index is 2.05. The molecular formula is C29H48O7S. The standard InChI is InChI=1S/C29H48O7S/c1-2-3-4-5-6-7-8-9-10-11-12-13-14-15-16-17-20-23-35-28(30)26-21-18-19-22-27(26)29(31)36-24-25-37(32,33)34/h18-19,21-22H,2-17,20,23-25H2,1H3,(H,32,33,34). The molecular weight excluding hydrogens is 492 g/mol. The van der Waals surface area contributed by atoms with Crippen molar-refractivity contribution in [3.63, 3.8) is 0 Å². The van der Waals surface area contributed by atoms with E-state index in [-0.39, 0.29) is 17.7 Å². The van der Waals surface area contributed by atoms with Gasteiger partial charge >= 0.3 is 11.9 Å². The molecule has 0 bridgehead atoms. The van der Waals surface area contributed by atoms with Crippen molar-refractivity contribution in [2.75, 3.05) is 19.0 Å². The van der Waals surface area contributed by atoms with Gasteiger partial charge in [0.15, 0.2) is 0 Å². The normalized spacial score (nSPS) is 11.4. The number of hydrogen-bond donors (Lipinski definition) is 1. The van der Waals surface area contributed by atoms with Crippen LogP contribution in [-0.2, 0) is 19.6 Å². The third-order valence-electron chi connectivity index (χ3n) is 6.42. The SMILES string of the molecule is CCCCCCCCCCCCCCCCCCCOC(=O)c1ccccc1C(=O)OCCS(=O)(=O)O. The quantitative estimate of drug-likeness (QED) is 0.0868. The number of carbonyl (C=O) groups excluding carboxylic acids is 2. The lowest BCUT2D eigenvalue weighted by Crippen LogP contribution is -2.18. The van der Waals surface area contributed by atoms with Gasteiger partial charge in [-0.05, 0) is 18.6 Å². The average molecular weight is 541 g/mol. The van der Waals surface area contributed by atoms with Crippen molar-refractivity contribution in [1.29, 1.82) is 0 Å². The third-order valence-corrected chi connectivity index (χ3v) is 7.10. The van der Waals surface area contributed by atoms with E-state index in [1.54, 1.807) is 12.1 Å². The number of unbranched alkanes of at least 4 members (excludes halogenated alkanes) is 16. The number of ether oxygens (including phenoxy) is 2. The van der Waals surface area contributed by atoms with Gasteiger partial charge in [-0.15, -0.1) is 0 Å². The highest BCUT2D eigenvalue weighted by Gasteiger charge is 2.19. The molecule has 0 radical (unpaired) electrons. The van der Waals surface area contributed by atoms with Crippen LogP contribution in [0.4, 0.5) is 0 Å². The van der Waals surface area contributed by atoms with E-state index < -0.39 is 34.4 Å². The van der Waals surface area contributed by atoms with Crippen molar-refractivity contribution < 1.29 is 32.0 Å². The van der Waals surface area contributed by atoms with Gasteiger partial charge in [0.2, 0.25) is 0 Å². The lowest BCUT2D eigenvalue weighted by Gasteiger charge is -2.09. The summed E-state index contributed by atoms with van der Waals surface area (Å²) in [6.45, 7) is 2.04. The molecule has 0 aliphatic carbocycles. The molecule has 0 aliphatic rings. The summed E-state index contributed by atoms with van der Waals surface area (Å²) in [7, 11) is -4.23. The van der Waals surface area contributed by atoms with E-state index in [0.29, 0.717) is 0 Å². The Kier molecular flexibility index (Phi) is 18.8. The number of carbonyl (C=O) groups is 2. The molecule has 37 heavy (non-hydrogen) atoms. The number of hydrogen-bond acceptors (Lipinski definition) is 6. The van der Waals surface area contributed by atoms with E-state index >= 15 is 0 Å². The summed E-state index contributed by atoms with van der Waals surface area (Å²) in [5.41, 5.74) is 0.0802. The van der Waals surface area contributed by atoms with E-state index in [9.17, 15) is 18.0 Å². The second-order valence-electron chi connectivity index (χ2n) is 9.76. The van der Waals surface area contributed by atoms with Crippen LogP contribution in [-0.4, -0.2) is 43.9 Å². The first-order valence-corrected chi connectivity index (χ1v) is 15.8. The summed E-state index contributed by atoms with van der Waals surface area (Å²) in [4.78, 5) is 24.6. The molecule has 0 saturated heterocycles. The predicted octanol–water partition coefficient (Wildman–Crippen LogP) is 7.54. The van der Waals surface area contributed by atoms with Crippen LogP contribution in [0, 0.1) is 0 Å². The zero-order valence-corrected chi connectivity index (χ0v) is 23.6. The molecule has 0 unspecified atom stereocenters. The van der Waals surface area contributed by atoms with Gasteiger partial charge in [-0.2, -0.15) is 8.42 Å². The van der Waals surface area contributed by atoms with Crippen LogP contribution in [0.15, 0.2) is 24.3 Å². The number of benzene rings is 1. The van der Waals surface area contributed by atoms with Crippen molar-refractivity contribution in [3.8, 4) is 0 Å². The first-order valence-electron chi connectivity index (χ1n) is 14.2. The van der Waals surface area contributed by atoms with Gasteiger partial charge < -0.3 is 9.47 Å². The summed E-state index contributed by atoms with van der Waals surface area (Å²) in [6, 6.07) is 6.08. The molecule has 1 N–H and O–H groups in total. The van der Waals surface area contributed by atoms with Crippen LogP contribution >= 0.6 is 0 Å². The van der Waals surface area contributed by atoms with Crippen molar-refractivity contribution in [3.05, 3.63) is 35.4 Å². The topological polar surface area (TPSA) is 107 Å². The zero-order chi connectivity index (χ0) is 27.2. The fraction of sp³-hybridized carbons (Fsp3) is 0.724. The minimum absolute atomic E-state index is 0.00486. The molecule has 7 nitrogen and oxygen atoms in total. The molecule has 0 aromatic heterocycles. The fourth-order valence-electron chi connectivity index (χ4n) is 4.23. The molecule has 0 aliphatic heterocycles. The smallest absolute Gasteiger partial charge is 0.339 e. The van der Waals surface area contributed by atoms with Gasteiger partial charge in [0.1, 0.15) is 12.4 Å².